The zero-order valence-electron chi connectivity index (χ0n) is 12.3. The van der Waals surface area contributed by atoms with Crippen LogP contribution in [0.4, 0.5) is 0 Å². The van der Waals surface area contributed by atoms with E-state index in [-0.39, 0.29) is 0 Å². The number of halogens is 1. The molecule has 0 atom stereocenters. The second kappa shape index (κ2) is 10.9. The molecule has 1 aromatic carbocycles. The van der Waals surface area contributed by atoms with Gasteiger partial charge in [-0.1, -0.05) is 24.6 Å². The first kappa shape index (κ1) is 17.2. The van der Waals surface area contributed by atoms with Crippen LogP contribution in [0, 0.1) is 0 Å². The van der Waals surface area contributed by atoms with E-state index in [1.807, 2.05) is 18.2 Å². The van der Waals surface area contributed by atoms with E-state index < -0.39 is 0 Å². The fourth-order valence-electron chi connectivity index (χ4n) is 1.64. The Kier molecular flexibility index (Phi) is 9.41. The van der Waals surface area contributed by atoms with Crippen LogP contribution in [-0.4, -0.2) is 40.1 Å². The average molecular weight is 302 g/mol. The highest BCUT2D eigenvalue weighted by atomic mass is 35.5. The van der Waals surface area contributed by atoms with Gasteiger partial charge in [-0.3, -0.25) is 0 Å². The lowest BCUT2D eigenvalue weighted by Gasteiger charge is -2.10. The second-order valence-electron chi connectivity index (χ2n) is 4.40. The van der Waals surface area contributed by atoms with Gasteiger partial charge in [-0.15, -0.1) is 0 Å². The van der Waals surface area contributed by atoms with Gasteiger partial charge in [-0.25, -0.2) is 0 Å². The van der Waals surface area contributed by atoms with Gasteiger partial charge in [-0.2, -0.15) is 0 Å². The molecule has 4 nitrogen and oxygen atoms in total. The molecule has 1 aromatic rings. The number of hydrogen-bond donors (Lipinski definition) is 1. The summed E-state index contributed by atoms with van der Waals surface area (Å²) < 4.78 is 15.9. The van der Waals surface area contributed by atoms with Crippen LogP contribution in [0.3, 0.4) is 0 Å². The van der Waals surface area contributed by atoms with Crippen molar-refractivity contribution >= 4 is 11.6 Å². The minimum absolute atomic E-state index is 0.519. The third kappa shape index (κ3) is 7.10. The Hall–Kier alpha value is -0.810. The summed E-state index contributed by atoms with van der Waals surface area (Å²) in [6.45, 7) is 6.24. The Bertz CT molecular complexity index is 374. The lowest BCUT2D eigenvalue weighted by molar-refractivity contribution is 0.101. The molecule has 0 saturated heterocycles. The van der Waals surface area contributed by atoms with Crippen LogP contribution < -0.4 is 10.1 Å². The Morgan fingerprint density at radius 1 is 1.15 bits per heavy atom. The molecular weight excluding hydrogens is 278 g/mol. The molecule has 1 N–H and O–H groups in total. The molecule has 0 aromatic heterocycles. The maximum absolute atomic E-state index is 6.19. The Morgan fingerprint density at radius 2 is 2.00 bits per heavy atom. The van der Waals surface area contributed by atoms with E-state index in [0.29, 0.717) is 30.6 Å². The third-order valence-electron chi connectivity index (χ3n) is 2.64. The van der Waals surface area contributed by atoms with Gasteiger partial charge in [0.05, 0.1) is 18.2 Å². The molecule has 0 aliphatic heterocycles. The van der Waals surface area contributed by atoms with Crippen molar-refractivity contribution in [1.82, 2.24) is 5.32 Å². The van der Waals surface area contributed by atoms with Crippen molar-refractivity contribution < 1.29 is 14.2 Å². The first-order valence-electron chi connectivity index (χ1n) is 6.96. The summed E-state index contributed by atoms with van der Waals surface area (Å²) in [5, 5.41) is 3.90. The van der Waals surface area contributed by atoms with Gasteiger partial charge in [0, 0.05) is 26.8 Å². The van der Waals surface area contributed by atoms with Crippen molar-refractivity contribution in [2.75, 3.05) is 40.1 Å². The predicted molar refractivity (Wildman–Crippen MR) is 81.6 cm³/mol. The molecule has 0 amide bonds. The molecule has 20 heavy (non-hydrogen) atoms. The highest BCUT2D eigenvalue weighted by molar-refractivity contribution is 6.32. The first-order valence-corrected chi connectivity index (χ1v) is 7.34. The molecule has 5 heteroatoms. The van der Waals surface area contributed by atoms with E-state index in [2.05, 4.69) is 12.2 Å². The molecule has 0 unspecified atom stereocenters. The molecule has 0 spiro atoms. The Labute approximate surface area is 126 Å². The number of methoxy groups -OCH3 is 1. The largest absolute Gasteiger partial charge is 0.490 e. The highest BCUT2D eigenvalue weighted by Gasteiger charge is 2.03. The molecule has 1 rings (SSSR count). The third-order valence-corrected chi connectivity index (χ3v) is 2.94. The molecule has 0 aliphatic rings. The van der Waals surface area contributed by atoms with Crippen LogP contribution in [0.5, 0.6) is 5.75 Å². The fourth-order valence-corrected chi connectivity index (χ4v) is 1.89. The van der Waals surface area contributed by atoms with E-state index in [1.54, 1.807) is 7.11 Å². The topological polar surface area (TPSA) is 39.7 Å². The van der Waals surface area contributed by atoms with Crippen molar-refractivity contribution in [3.05, 3.63) is 28.8 Å². The number of rotatable bonds is 11. The Morgan fingerprint density at radius 3 is 2.70 bits per heavy atom. The maximum atomic E-state index is 6.19. The van der Waals surface area contributed by atoms with Gasteiger partial charge >= 0.3 is 0 Å². The van der Waals surface area contributed by atoms with Crippen molar-refractivity contribution in [3.63, 3.8) is 0 Å². The first-order chi connectivity index (χ1) is 9.77. The molecule has 114 valence electrons. The smallest absolute Gasteiger partial charge is 0.138 e. The summed E-state index contributed by atoms with van der Waals surface area (Å²) in [6.07, 6.45) is 1.02. The summed E-state index contributed by atoms with van der Waals surface area (Å²) in [4.78, 5) is 0. The summed E-state index contributed by atoms with van der Waals surface area (Å²) in [7, 11) is 1.69. The fraction of sp³-hybridized carbons (Fsp3) is 0.600. The second-order valence-corrected chi connectivity index (χ2v) is 4.80. The van der Waals surface area contributed by atoms with Crippen LogP contribution >= 0.6 is 11.6 Å². The van der Waals surface area contributed by atoms with E-state index in [4.69, 9.17) is 25.8 Å². The van der Waals surface area contributed by atoms with E-state index in [0.717, 1.165) is 31.7 Å². The van der Waals surface area contributed by atoms with Crippen molar-refractivity contribution in [3.8, 4) is 5.75 Å². The van der Waals surface area contributed by atoms with Gasteiger partial charge < -0.3 is 19.5 Å². The van der Waals surface area contributed by atoms with Crippen LogP contribution in [0.2, 0.25) is 5.02 Å². The van der Waals surface area contributed by atoms with E-state index >= 15 is 0 Å². The molecule has 0 heterocycles. The summed E-state index contributed by atoms with van der Waals surface area (Å²) >= 11 is 6.19. The van der Waals surface area contributed by atoms with Gasteiger partial charge in [0.15, 0.2) is 0 Å². The molecule has 0 bridgehead atoms. The summed E-state index contributed by atoms with van der Waals surface area (Å²) in [5.74, 6) is 0.701. The van der Waals surface area contributed by atoms with Crippen LogP contribution in [0.1, 0.15) is 18.9 Å². The number of nitrogens with one attached hydrogen (secondary N) is 1. The Balaban J connectivity index is 2.31. The maximum Gasteiger partial charge on any atom is 0.138 e. The van der Waals surface area contributed by atoms with Crippen LogP contribution in [-0.2, 0) is 16.0 Å². The zero-order chi connectivity index (χ0) is 14.6. The minimum atomic E-state index is 0.519. The van der Waals surface area contributed by atoms with Gasteiger partial charge in [-0.05, 0) is 24.1 Å². The van der Waals surface area contributed by atoms with Gasteiger partial charge in [0.1, 0.15) is 12.4 Å². The molecule has 0 saturated carbocycles. The minimum Gasteiger partial charge on any atom is -0.490 e. The van der Waals surface area contributed by atoms with Gasteiger partial charge in [0.25, 0.3) is 0 Å². The van der Waals surface area contributed by atoms with E-state index in [9.17, 15) is 0 Å². The van der Waals surface area contributed by atoms with E-state index in [1.165, 1.54) is 0 Å². The monoisotopic (exact) mass is 301 g/mol. The van der Waals surface area contributed by atoms with Crippen molar-refractivity contribution in [2.24, 2.45) is 0 Å². The normalized spacial score (nSPS) is 10.8. The standard InChI is InChI=1S/C15H24ClNO3/c1-3-7-19-9-10-20-15-5-4-13(11-14(15)16)12-17-6-8-18-2/h4-5,11,17H,3,6-10,12H2,1-2H3. The van der Waals surface area contributed by atoms with Crippen molar-refractivity contribution in [1.29, 1.82) is 0 Å². The predicted octanol–water partition coefficient (Wildman–Crippen LogP) is 2.88. The van der Waals surface area contributed by atoms with Gasteiger partial charge in [0.2, 0.25) is 0 Å². The summed E-state index contributed by atoms with van der Waals surface area (Å²) in [5.41, 5.74) is 1.13. The highest BCUT2D eigenvalue weighted by Crippen LogP contribution is 2.25. The molecule has 0 aliphatic carbocycles. The van der Waals surface area contributed by atoms with Crippen molar-refractivity contribution in [2.45, 2.75) is 19.9 Å². The number of benzene rings is 1. The quantitative estimate of drug-likeness (QED) is 0.638. The zero-order valence-corrected chi connectivity index (χ0v) is 13.0. The molecule has 0 fully saturated rings. The number of hydrogen-bond acceptors (Lipinski definition) is 4. The summed E-state index contributed by atoms with van der Waals surface area (Å²) in [6, 6.07) is 5.83. The van der Waals surface area contributed by atoms with Crippen LogP contribution in [0.15, 0.2) is 18.2 Å². The average Bonchev–Trinajstić information content (AvgIpc) is 2.45. The SMILES string of the molecule is CCCOCCOc1ccc(CNCCOC)cc1Cl. The lowest BCUT2D eigenvalue weighted by atomic mass is 10.2. The van der Waals surface area contributed by atoms with Crippen LogP contribution in [0.25, 0.3) is 0 Å². The molecular formula is C15H24ClNO3. The number of ether oxygens (including phenoxy) is 3. The molecule has 0 radical (unpaired) electrons. The lowest BCUT2D eigenvalue weighted by Crippen LogP contribution is -2.18.